The van der Waals surface area contributed by atoms with E-state index >= 15 is 0 Å². The van der Waals surface area contributed by atoms with Crippen LogP contribution in [0, 0.1) is 5.82 Å². The van der Waals surface area contributed by atoms with Crippen molar-refractivity contribution in [2.75, 3.05) is 7.05 Å². The summed E-state index contributed by atoms with van der Waals surface area (Å²) >= 11 is 0. The highest BCUT2D eigenvalue weighted by Gasteiger charge is 2.33. The molecular formula is C19H18F4N6. The van der Waals surface area contributed by atoms with E-state index < -0.39 is 17.6 Å². The van der Waals surface area contributed by atoms with Gasteiger partial charge in [0.25, 0.3) is 0 Å². The molecule has 0 spiro atoms. The lowest BCUT2D eigenvalue weighted by Crippen LogP contribution is -2.37. The molecule has 0 radical (unpaired) electrons. The number of benzene rings is 2. The second-order valence-corrected chi connectivity index (χ2v) is 6.03. The first-order chi connectivity index (χ1) is 13.9. The van der Waals surface area contributed by atoms with Crippen LogP contribution < -0.4 is 10.6 Å². The SMILES string of the molecule is CN=C(NCc1ccc(F)cc1C(F)(F)F)NCc1nncn1-c1ccccc1. The summed E-state index contributed by atoms with van der Waals surface area (Å²) in [7, 11) is 1.49. The van der Waals surface area contributed by atoms with Crippen molar-refractivity contribution in [3.63, 3.8) is 0 Å². The van der Waals surface area contributed by atoms with Gasteiger partial charge in [0.05, 0.1) is 12.1 Å². The highest BCUT2D eigenvalue weighted by atomic mass is 19.4. The molecule has 10 heteroatoms. The van der Waals surface area contributed by atoms with E-state index in [9.17, 15) is 17.6 Å². The second kappa shape index (κ2) is 8.72. The monoisotopic (exact) mass is 406 g/mol. The number of rotatable bonds is 5. The first kappa shape index (κ1) is 20.3. The Kier molecular flexibility index (Phi) is 6.10. The summed E-state index contributed by atoms with van der Waals surface area (Å²) in [6, 6.07) is 12.0. The number of aromatic nitrogens is 3. The first-order valence-corrected chi connectivity index (χ1v) is 8.63. The predicted molar refractivity (Wildman–Crippen MR) is 99.8 cm³/mol. The van der Waals surface area contributed by atoms with E-state index in [1.54, 1.807) is 10.9 Å². The van der Waals surface area contributed by atoms with E-state index in [1.165, 1.54) is 7.05 Å². The molecule has 2 N–H and O–H groups in total. The van der Waals surface area contributed by atoms with Crippen LogP contribution in [0.2, 0.25) is 0 Å². The summed E-state index contributed by atoms with van der Waals surface area (Å²) in [6.45, 7) is 0.0598. The molecule has 0 saturated heterocycles. The molecular weight excluding hydrogens is 388 g/mol. The van der Waals surface area contributed by atoms with E-state index in [1.807, 2.05) is 30.3 Å². The normalized spacial score (nSPS) is 12.1. The van der Waals surface area contributed by atoms with Gasteiger partial charge in [0, 0.05) is 19.3 Å². The van der Waals surface area contributed by atoms with Gasteiger partial charge in [0.15, 0.2) is 11.8 Å². The maximum absolute atomic E-state index is 13.2. The predicted octanol–water partition coefficient (Wildman–Crippen LogP) is 3.29. The van der Waals surface area contributed by atoms with Crippen LogP contribution in [-0.2, 0) is 19.3 Å². The van der Waals surface area contributed by atoms with Crippen LogP contribution in [0.4, 0.5) is 17.6 Å². The molecule has 0 saturated carbocycles. The minimum absolute atomic E-state index is 0.0886. The Morgan fingerprint density at radius 3 is 2.48 bits per heavy atom. The molecule has 0 unspecified atom stereocenters. The minimum Gasteiger partial charge on any atom is -0.352 e. The van der Waals surface area contributed by atoms with E-state index in [0.29, 0.717) is 11.9 Å². The Bertz CT molecular complexity index is 982. The third-order valence-corrected chi connectivity index (χ3v) is 4.11. The van der Waals surface area contributed by atoms with Crippen LogP contribution in [0.1, 0.15) is 17.0 Å². The van der Waals surface area contributed by atoms with E-state index in [-0.39, 0.29) is 24.6 Å². The van der Waals surface area contributed by atoms with Gasteiger partial charge in [-0.1, -0.05) is 24.3 Å². The number of hydrogen-bond acceptors (Lipinski definition) is 3. The number of hydrogen-bond donors (Lipinski definition) is 2. The fourth-order valence-electron chi connectivity index (χ4n) is 2.71. The van der Waals surface area contributed by atoms with Gasteiger partial charge in [-0.05, 0) is 29.8 Å². The van der Waals surface area contributed by atoms with Gasteiger partial charge in [-0.15, -0.1) is 10.2 Å². The Labute approximate surface area is 164 Å². The smallest absolute Gasteiger partial charge is 0.352 e. The lowest BCUT2D eigenvalue weighted by molar-refractivity contribution is -0.138. The summed E-state index contributed by atoms with van der Waals surface area (Å²) in [6.07, 6.45) is -3.08. The molecule has 0 aliphatic heterocycles. The molecule has 0 amide bonds. The maximum atomic E-state index is 13.2. The number of guanidine groups is 1. The minimum atomic E-state index is -4.65. The summed E-state index contributed by atoms with van der Waals surface area (Å²) in [4.78, 5) is 4.00. The largest absolute Gasteiger partial charge is 0.416 e. The first-order valence-electron chi connectivity index (χ1n) is 8.63. The molecule has 29 heavy (non-hydrogen) atoms. The fraction of sp³-hybridized carbons (Fsp3) is 0.211. The Morgan fingerprint density at radius 2 is 1.79 bits per heavy atom. The number of nitrogens with zero attached hydrogens (tertiary/aromatic N) is 4. The highest BCUT2D eigenvalue weighted by molar-refractivity contribution is 5.79. The van der Waals surface area contributed by atoms with Gasteiger partial charge >= 0.3 is 6.18 Å². The Balaban J connectivity index is 1.66. The molecule has 0 fully saturated rings. The van der Waals surface area contributed by atoms with Crippen LogP contribution in [0.15, 0.2) is 59.9 Å². The molecule has 3 rings (SSSR count). The van der Waals surface area contributed by atoms with Crippen molar-refractivity contribution in [2.45, 2.75) is 19.3 Å². The van der Waals surface area contributed by atoms with E-state index in [4.69, 9.17) is 0 Å². The van der Waals surface area contributed by atoms with Crippen LogP contribution in [0.25, 0.3) is 5.69 Å². The average molecular weight is 406 g/mol. The Morgan fingerprint density at radius 1 is 1.07 bits per heavy atom. The van der Waals surface area contributed by atoms with Crippen molar-refractivity contribution < 1.29 is 17.6 Å². The number of alkyl halides is 3. The van der Waals surface area contributed by atoms with E-state index in [2.05, 4.69) is 25.8 Å². The lowest BCUT2D eigenvalue weighted by atomic mass is 10.1. The maximum Gasteiger partial charge on any atom is 0.416 e. The van der Waals surface area contributed by atoms with Gasteiger partial charge in [-0.2, -0.15) is 13.2 Å². The number of nitrogens with one attached hydrogen (secondary N) is 2. The Hall–Kier alpha value is -3.43. The average Bonchev–Trinajstić information content (AvgIpc) is 3.17. The van der Waals surface area contributed by atoms with Crippen LogP contribution >= 0.6 is 0 Å². The second-order valence-electron chi connectivity index (χ2n) is 6.03. The molecule has 0 atom stereocenters. The third-order valence-electron chi connectivity index (χ3n) is 4.11. The third kappa shape index (κ3) is 5.09. The topological polar surface area (TPSA) is 67.1 Å². The molecule has 3 aromatic rings. The van der Waals surface area contributed by atoms with Crippen LogP contribution in [-0.4, -0.2) is 27.8 Å². The van der Waals surface area contributed by atoms with Gasteiger partial charge in [0.1, 0.15) is 12.1 Å². The zero-order valence-electron chi connectivity index (χ0n) is 15.4. The molecule has 6 nitrogen and oxygen atoms in total. The summed E-state index contributed by atoms with van der Waals surface area (Å²) in [5, 5.41) is 13.7. The van der Waals surface area contributed by atoms with Gasteiger partial charge in [0.2, 0.25) is 0 Å². The molecule has 1 aromatic heterocycles. The van der Waals surface area contributed by atoms with Crippen molar-refractivity contribution in [2.24, 2.45) is 4.99 Å². The van der Waals surface area contributed by atoms with Crippen molar-refractivity contribution in [1.82, 2.24) is 25.4 Å². The highest BCUT2D eigenvalue weighted by Crippen LogP contribution is 2.32. The molecule has 0 aliphatic carbocycles. The number of halogens is 4. The van der Waals surface area contributed by atoms with E-state index in [0.717, 1.165) is 17.8 Å². The van der Waals surface area contributed by atoms with Gasteiger partial charge in [-0.25, -0.2) is 4.39 Å². The number of aliphatic imine (C=N–C) groups is 1. The summed E-state index contributed by atoms with van der Waals surface area (Å²) < 4.78 is 54.4. The summed E-state index contributed by atoms with van der Waals surface area (Å²) in [5.74, 6) is -0.0780. The van der Waals surface area contributed by atoms with Gasteiger partial charge in [-0.3, -0.25) is 9.56 Å². The standard InChI is InChI=1S/C19H18F4N6/c1-24-18(25-10-13-7-8-14(20)9-16(13)19(21,22)23)26-11-17-28-27-12-29(17)15-5-3-2-4-6-15/h2-9,12H,10-11H2,1H3,(H2,24,25,26). The zero-order chi connectivity index (χ0) is 20.9. The number of para-hydroxylation sites is 1. The van der Waals surface area contributed by atoms with Crippen molar-refractivity contribution in [3.8, 4) is 5.69 Å². The van der Waals surface area contributed by atoms with Crippen molar-refractivity contribution in [3.05, 3.63) is 77.6 Å². The zero-order valence-corrected chi connectivity index (χ0v) is 15.4. The van der Waals surface area contributed by atoms with Crippen LogP contribution in [0.5, 0.6) is 0 Å². The van der Waals surface area contributed by atoms with Crippen molar-refractivity contribution in [1.29, 1.82) is 0 Å². The lowest BCUT2D eigenvalue weighted by Gasteiger charge is -2.16. The van der Waals surface area contributed by atoms with Crippen LogP contribution in [0.3, 0.4) is 0 Å². The fourth-order valence-corrected chi connectivity index (χ4v) is 2.71. The molecule has 0 bridgehead atoms. The molecule has 1 heterocycles. The molecule has 2 aromatic carbocycles. The van der Waals surface area contributed by atoms with Gasteiger partial charge < -0.3 is 10.6 Å². The summed E-state index contributed by atoms with van der Waals surface area (Å²) in [5.41, 5.74) is -0.239. The molecule has 0 aliphatic rings. The quantitative estimate of drug-likeness (QED) is 0.388. The molecule has 152 valence electrons. The van der Waals surface area contributed by atoms with Crippen molar-refractivity contribution >= 4 is 5.96 Å².